The minimum Gasteiger partial charge on any atom is -0.388 e. The van der Waals surface area contributed by atoms with Gasteiger partial charge in [0.25, 0.3) is 0 Å². The normalized spacial score (nSPS) is 10.6. The maximum absolute atomic E-state index is 12.9. The van der Waals surface area contributed by atoms with Gasteiger partial charge in [0.05, 0.1) is 0 Å². The first kappa shape index (κ1) is 16.4. The fourth-order valence-corrected chi connectivity index (χ4v) is 2.56. The molecule has 0 unspecified atom stereocenters. The number of benzene rings is 2. The number of rotatable bonds is 4. The molecule has 6 nitrogen and oxygen atoms in total. The first-order valence-corrected chi connectivity index (χ1v) is 7.98. The molecule has 1 heterocycles. The van der Waals surface area contributed by atoms with Gasteiger partial charge in [0.15, 0.2) is 0 Å². The Hall–Kier alpha value is -2.49. The first-order valence-electron chi connectivity index (χ1n) is 6.90. The van der Waals surface area contributed by atoms with Crippen molar-refractivity contribution in [1.29, 1.82) is 0 Å². The third-order valence-electron chi connectivity index (χ3n) is 3.10. The Balaban J connectivity index is 1.74. The van der Waals surface area contributed by atoms with Gasteiger partial charge in [-0.05, 0) is 65.1 Å². The molecule has 1 aromatic heterocycles. The van der Waals surface area contributed by atoms with Gasteiger partial charge in [0.1, 0.15) is 12.4 Å². The standard InChI is InChI=1S/C16H11FIN3O3/c17-11-6-4-10(5-7-11)15-20-21(16(23)24-15)9-14(22)19-13-3-1-2-12(18)8-13/h1-8H,9H2,(H,19,22). The summed E-state index contributed by atoms with van der Waals surface area (Å²) in [5.41, 5.74) is 1.08. The van der Waals surface area contributed by atoms with Crippen LogP contribution in [-0.4, -0.2) is 15.7 Å². The Bertz CT molecular complexity index is 934. The van der Waals surface area contributed by atoms with Crippen LogP contribution in [-0.2, 0) is 11.3 Å². The molecule has 122 valence electrons. The largest absolute Gasteiger partial charge is 0.437 e. The van der Waals surface area contributed by atoms with Gasteiger partial charge in [-0.25, -0.2) is 9.18 Å². The van der Waals surface area contributed by atoms with Crippen LogP contribution in [0, 0.1) is 9.39 Å². The molecule has 3 aromatic rings. The van der Waals surface area contributed by atoms with E-state index in [4.69, 9.17) is 4.42 Å². The maximum Gasteiger partial charge on any atom is 0.437 e. The molecule has 2 aromatic carbocycles. The number of nitrogens with one attached hydrogen (secondary N) is 1. The number of carbonyl (C=O) groups excluding carboxylic acids is 1. The molecule has 8 heteroatoms. The van der Waals surface area contributed by atoms with E-state index in [0.717, 1.165) is 8.25 Å². The summed E-state index contributed by atoms with van der Waals surface area (Å²) in [6, 6.07) is 12.6. The SMILES string of the molecule is O=C(Cn1nc(-c2ccc(F)cc2)oc1=O)Nc1cccc(I)c1. The van der Waals surface area contributed by atoms with Crippen molar-refractivity contribution in [2.45, 2.75) is 6.54 Å². The second kappa shape index (κ2) is 6.95. The van der Waals surface area contributed by atoms with E-state index in [2.05, 4.69) is 33.0 Å². The second-order valence-corrected chi connectivity index (χ2v) is 6.14. The van der Waals surface area contributed by atoms with Crippen molar-refractivity contribution in [3.05, 3.63) is 68.5 Å². The average molecular weight is 439 g/mol. The summed E-state index contributed by atoms with van der Waals surface area (Å²) >= 11 is 2.13. The van der Waals surface area contributed by atoms with Gasteiger partial charge < -0.3 is 9.73 Å². The summed E-state index contributed by atoms with van der Waals surface area (Å²) in [6.45, 7) is -0.283. The maximum atomic E-state index is 12.9. The summed E-state index contributed by atoms with van der Waals surface area (Å²) in [4.78, 5) is 23.8. The Morgan fingerprint density at radius 3 is 2.71 bits per heavy atom. The van der Waals surface area contributed by atoms with Crippen LogP contribution < -0.4 is 11.1 Å². The van der Waals surface area contributed by atoms with Gasteiger partial charge in [-0.1, -0.05) is 6.07 Å². The van der Waals surface area contributed by atoms with Crippen molar-refractivity contribution < 1.29 is 13.6 Å². The molecule has 0 atom stereocenters. The molecule has 0 spiro atoms. The highest BCUT2D eigenvalue weighted by molar-refractivity contribution is 14.1. The highest BCUT2D eigenvalue weighted by atomic mass is 127. The number of hydrogen-bond acceptors (Lipinski definition) is 4. The van der Waals surface area contributed by atoms with Gasteiger partial charge in [-0.3, -0.25) is 4.79 Å². The Morgan fingerprint density at radius 1 is 1.25 bits per heavy atom. The summed E-state index contributed by atoms with van der Waals surface area (Å²) < 4.78 is 19.8. The lowest BCUT2D eigenvalue weighted by atomic mass is 10.2. The Labute approximate surface area is 149 Å². The number of hydrogen-bond donors (Lipinski definition) is 1. The molecular weight excluding hydrogens is 428 g/mol. The van der Waals surface area contributed by atoms with Crippen LogP contribution in [0.25, 0.3) is 11.5 Å². The van der Waals surface area contributed by atoms with E-state index < -0.39 is 17.5 Å². The van der Waals surface area contributed by atoms with Gasteiger partial charge in [0.2, 0.25) is 11.8 Å². The molecule has 0 radical (unpaired) electrons. The van der Waals surface area contributed by atoms with Crippen LogP contribution in [0.5, 0.6) is 0 Å². The number of anilines is 1. The molecule has 3 rings (SSSR count). The zero-order valence-electron chi connectivity index (χ0n) is 12.2. The van der Waals surface area contributed by atoms with E-state index in [9.17, 15) is 14.0 Å². The highest BCUT2D eigenvalue weighted by Crippen LogP contribution is 2.16. The van der Waals surface area contributed by atoms with E-state index >= 15 is 0 Å². The quantitative estimate of drug-likeness (QED) is 0.635. The zero-order chi connectivity index (χ0) is 17.1. The second-order valence-electron chi connectivity index (χ2n) is 4.90. The van der Waals surface area contributed by atoms with Gasteiger partial charge in [-0.15, -0.1) is 5.10 Å². The smallest absolute Gasteiger partial charge is 0.388 e. The van der Waals surface area contributed by atoms with E-state index in [1.807, 2.05) is 12.1 Å². The van der Waals surface area contributed by atoms with Crippen molar-refractivity contribution in [3.8, 4) is 11.5 Å². The summed E-state index contributed by atoms with van der Waals surface area (Å²) in [6.07, 6.45) is 0. The number of nitrogens with zero attached hydrogens (tertiary/aromatic N) is 2. The fourth-order valence-electron chi connectivity index (χ4n) is 2.02. The molecule has 0 aliphatic rings. The minimum atomic E-state index is -0.757. The number of aromatic nitrogens is 2. The van der Waals surface area contributed by atoms with Crippen molar-refractivity contribution >= 4 is 34.2 Å². The van der Waals surface area contributed by atoms with E-state index in [1.54, 1.807) is 12.1 Å². The molecule has 0 saturated heterocycles. The van der Waals surface area contributed by atoms with E-state index in [-0.39, 0.29) is 12.4 Å². The fraction of sp³-hybridized carbons (Fsp3) is 0.0625. The van der Waals surface area contributed by atoms with Gasteiger partial charge >= 0.3 is 5.76 Å². The number of carbonyl (C=O) groups is 1. The predicted octanol–water partition coefficient (Wildman–Crippen LogP) is 2.89. The van der Waals surface area contributed by atoms with E-state index in [1.165, 1.54) is 24.3 Å². The lowest BCUT2D eigenvalue weighted by Gasteiger charge is -2.04. The predicted molar refractivity (Wildman–Crippen MR) is 93.9 cm³/mol. The Morgan fingerprint density at radius 2 is 2.00 bits per heavy atom. The molecule has 24 heavy (non-hydrogen) atoms. The van der Waals surface area contributed by atoms with Crippen LogP contribution >= 0.6 is 22.6 Å². The van der Waals surface area contributed by atoms with Gasteiger partial charge in [-0.2, -0.15) is 4.68 Å². The third kappa shape index (κ3) is 3.88. The molecule has 0 bridgehead atoms. The molecule has 0 aliphatic heterocycles. The first-order chi connectivity index (χ1) is 11.5. The van der Waals surface area contributed by atoms with Crippen LogP contribution in [0.4, 0.5) is 10.1 Å². The van der Waals surface area contributed by atoms with Crippen LogP contribution in [0.1, 0.15) is 0 Å². The molecule has 1 amide bonds. The van der Waals surface area contributed by atoms with Crippen LogP contribution in [0.15, 0.2) is 57.7 Å². The molecular formula is C16H11FIN3O3. The van der Waals surface area contributed by atoms with Gasteiger partial charge in [0, 0.05) is 14.8 Å². The summed E-state index contributed by atoms with van der Waals surface area (Å²) in [5, 5.41) is 6.64. The third-order valence-corrected chi connectivity index (χ3v) is 3.77. The zero-order valence-corrected chi connectivity index (χ0v) is 14.4. The number of halogens is 2. The summed E-state index contributed by atoms with van der Waals surface area (Å²) in [5.74, 6) is -1.54. The van der Waals surface area contributed by atoms with Crippen molar-refractivity contribution in [1.82, 2.24) is 9.78 Å². The van der Waals surface area contributed by atoms with Crippen molar-refractivity contribution in [3.63, 3.8) is 0 Å². The van der Waals surface area contributed by atoms with E-state index in [0.29, 0.717) is 11.3 Å². The lowest BCUT2D eigenvalue weighted by molar-refractivity contribution is -0.117. The Kier molecular flexibility index (Phi) is 4.74. The monoisotopic (exact) mass is 439 g/mol. The molecule has 1 N–H and O–H groups in total. The molecule has 0 fully saturated rings. The summed E-state index contributed by atoms with van der Waals surface area (Å²) in [7, 11) is 0. The minimum absolute atomic E-state index is 0.0297. The van der Waals surface area contributed by atoms with Crippen molar-refractivity contribution in [2.24, 2.45) is 0 Å². The number of amides is 1. The molecule has 0 saturated carbocycles. The topological polar surface area (TPSA) is 77.1 Å². The van der Waals surface area contributed by atoms with Crippen LogP contribution in [0.2, 0.25) is 0 Å². The van der Waals surface area contributed by atoms with Crippen LogP contribution in [0.3, 0.4) is 0 Å². The highest BCUT2D eigenvalue weighted by Gasteiger charge is 2.13. The van der Waals surface area contributed by atoms with Crippen molar-refractivity contribution in [2.75, 3.05) is 5.32 Å². The lowest BCUT2D eigenvalue weighted by Crippen LogP contribution is -2.25. The average Bonchev–Trinajstić information content (AvgIpc) is 2.89. The molecule has 0 aliphatic carbocycles.